The molecular weight excluding hydrogens is 380 g/mol. The van der Waals surface area contributed by atoms with E-state index in [4.69, 9.17) is 18.6 Å². The summed E-state index contributed by atoms with van der Waals surface area (Å²) >= 11 is 0. The Morgan fingerprint density at radius 1 is 1.07 bits per heavy atom. The predicted octanol–water partition coefficient (Wildman–Crippen LogP) is 6.12. The van der Waals surface area contributed by atoms with Crippen molar-refractivity contribution in [3.05, 3.63) is 71.7 Å². The molecule has 30 heavy (non-hydrogen) atoms. The monoisotopic (exact) mass is 412 g/mol. The first-order valence-electron chi connectivity index (χ1n) is 10.1. The van der Waals surface area contributed by atoms with Crippen LogP contribution in [0.15, 0.2) is 64.8 Å². The van der Waals surface area contributed by atoms with Gasteiger partial charge in [-0.3, -0.25) is 0 Å². The minimum atomic E-state index is -0.548. The fourth-order valence-corrected chi connectivity index (χ4v) is 3.01. The van der Waals surface area contributed by atoms with Gasteiger partial charge in [-0.25, -0.2) is 0 Å². The third-order valence-corrected chi connectivity index (χ3v) is 4.70. The van der Waals surface area contributed by atoms with Crippen LogP contribution in [0.2, 0.25) is 0 Å². The molecule has 0 aliphatic heterocycles. The second kappa shape index (κ2) is 12.6. The summed E-state index contributed by atoms with van der Waals surface area (Å²) in [5.74, 6) is 2.51. The van der Waals surface area contributed by atoms with E-state index in [1.165, 1.54) is 5.57 Å². The van der Waals surface area contributed by atoms with E-state index in [0.29, 0.717) is 29.4 Å². The minimum absolute atomic E-state index is 0.548. The largest absolute Gasteiger partial charge is 0.493 e. The van der Waals surface area contributed by atoms with Gasteiger partial charge in [-0.2, -0.15) is 0 Å². The Balaban J connectivity index is 1.78. The normalized spacial score (nSPS) is 13.2. The second-order valence-corrected chi connectivity index (χ2v) is 6.95. The molecular formula is C25H32O5. The summed E-state index contributed by atoms with van der Waals surface area (Å²) in [6, 6.07) is 7.45. The van der Waals surface area contributed by atoms with Gasteiger partial charge in [0.25, 0.3) is 0 Å². The van der Waals surface area contributed by atoms with Crippen LogP contribution in [-0.4, -0.2) is 26.4 Å². The van der Waals surface area contributed by atoms with Gasteiger partial charge in [-0.05, 0) is 62.4 Å². The smallest absolute Gasteiger partial charge is 0.203 e. The third-order valence-electron chi connectivity index (χ3n) is 4.70. The van der Waals surface area contributed by atoms with Gasteiger partial charge >= 0.3 is 0 Å². The van der Waals surface area contributed by atoms with Crippen molar-refractivity contribution in [1.82, 2.24) is 0 Å². The van der Waals surface area contributed by atoms with Crippen molar-refractivity contribution in [2.24, 2.45) is 0 Å². The molecule has 1 N–H and O–H groups in total. The van der Waals surface area contributed by atoms with Gasteiger partial charge < -0.3 is 23.7 Å². The standard InChI is InChI=1S/C25H32O5/c1-19(14-15-21(26)22-13-10-16-30-22)11-8-6-5-7-9-12-20-17-23(27-2)25(29-4)24(18-20)28-3/h6,8-13,16-18,21,26H,5,7,14-15H2,1-4H3/b8-6?,12-9?,19-11-. The average Bonchev–Trinajstić information content (AvgIpc) is 3.31. The number of methoxy groups -OCH3 is 3. The van der Waals surface area contributed by atoms with Crippen LogP contribution in [0, 0.1) is 0 Å². The first-order chi connectivity index (χ1) is 14.6. The van der Waals surface area contributed by atoms with Crippen LogP contribution < -0.4 is 14.2 Å². The molecule has 1 unspecified atom stereocenters. The fourth-order valence-electron chi connectivity index (χ4n) is 3.01. The van der Waals surface area contributed by atoms with Gasteiger partial charge in [0.1, 0.15) is 11.9 Å². The van der Waals surface area contributed by atoms with Crippen LogP contribution in [0.5, 0.6) is 17.2 Å². The van der Waals surface area contributed by atoms with E-state index in [-0.39, 0.29) is 0 Å². The fraction of sp³-hybridized carbons (Fsp3) is 0.360. The van der Waals surface area contributed by atoms with Crippen molar-refractivity contribution in [3.8, 4) is 17.2 Å². The summed E-state index contributed by atoms with van der Waals surface area (Å²) in [4.78, 5) is 0. The van der Waals surface area contributed by atoms with Gasteiger partial charge in [-0.1, -0.05) is 36.0 Å². The Bertz CT molecular complexity index is 821. The van der Waals surface area contributed by atoms with E-state index in [2.05, 4.69) is 37.3 Å². The maximum Gasteiger partial charge on any atom is 0.203 e. The first-order valence-corrected chi connectivity index (χ1v) is 10.1. The molecule has 1 heterocycles. The minimum Gasteiger partial charge on any atom is -0.493 e. The maximum absolute atomic E-state index is 10.0. The maximum atomic E-state index is 10.0. The van der Waals surface area contributed by atoms with Gasteiger partial charge in [0, 0.05) is 0 Å². The summed E-state index contributed by atoms with van der Waals surface area (Å²) in [6.45, 7) is 2.07. The average molecular weight is 413 g/mol. The lowest BCUT2D eigenvalue weighted by Crippen LogP contribution is -1.95. The number of allylic oxidation sites excluding steroid dienone is 5. The number of rotatable bonds is 12. The highest BCUT2D eigenvalue weighted by molar-refractivity contribution is 5.62. The molecule has 5 heteroatoms. The summed E-state index contributed by atoms with van der Waals surface area (Å²) in [7, 11) is 4.82. The molecule has 0 spiro atoms. The van der Waals surface area contributed by atoms with Crippen molar-refractivity contribution in [2.75, 3.05) is 21.3 Å². The number of benzene rings is 1. The molecule has 0 saturated heterocycles. The van der Waals surface area contributed by atoms with Crippen LogP contribution in [0.4, 0.5) is 0 Å². The Kier molecular flexibility index (Phi) is 9.81. The lowest BCUT2D eigenvalue weighted by Gasteiger charge is -2.12. The Morgan fingerprint density at radius 3 is 2.37 bits per heavy atom. The van der Waals surface area contributed by atoms with Gasteiger partial charge in [0.15, 0.2) is 11.5 Å². The van der Waals surface area contributed by atoms with E-state index >= 15 is 0 Å². The number of ether oxygens (including phenoxy) is 3. The van der Waals surface area contributed by atoms with Gasteiger partial charge in [-0.15, -0.1) is 0 Å². The molecule has 0 saturated carbocycles. The topological polar surface area (TPSA) is 61.1 Å². The highest BCUT2D eigenvalue weighted by atomic mass is 16.5. The molecule has 0 radical (unpaired) electrons. The zero-order chi connectivity index (χ0) is 21.8. The molecule has 1 aromatic carbocycles. The van der Waals surface area contributed by atoms with E-state index in [1.54, 1.807) is 39.7 Å². The number of hydrogen-bond acceptors (Lipinski definition) is 5. The predicted molar refractivity (Wildman–Crippen MR) is 120 cm³/mol. The van der Waals surface area contributed by atoms with Crippen molar-refractivity contribution in [3.63, 3.8) is 0 Å². The lowest BCUT2D eigenvalue weighted by atomic mass is 10.1. The summed E-state index contributed by atoms with van der Waals surface area (Å²) in [6.07, 6.45) is 14.9. The van der Waals surface area contributed by atoms with Crippen LogP contribution in [-0.2, 0) is 0 Å². The molecule has 0 fully saturated rings. The third kappa shape index (κ3) is 7.16. The number of aliphatic hydroxyl groups is 1. The van der Waals surface area contributed by atoms with E-state index in [1.807, 2.05) is 12.1 Å². The second-order valence-electron chi connectivity index (χ2n) is 6.95. The van der Waals surface area contributed by atoms with Crippen LogP contribution >= 0.6 is 0 Å². The Morgan fingerprint density at radius 2 is 1.77 bits per heavy atom. The van der Waals surface area contributed by atoms with Crippen LogP contribution in [0.1, 0.15) is 50.0 Å². The molecule has 2 aromatic rings. The van der Waals surface area contributed by atoms with Gasteiger partial charge in [0.05, 0.1) is 27.6 Å². The lowest BCUT2D eigenvalue weighted by molar-refractivity contribution is 0.140. The molecule has 2 rings (SSSR count). The van der Waals surface area contributed by atoms with E-state index in [0.717, 1.165) is 24.8 Å². The molecule has 5 nitrogen and oxygen atoms in total. The zero-order valence-electron chi connectivity index (χ0n) is 18.3. The van der Waals surface area contributed by atoms with Crippen molar-refractivity contribution in [1.29, 1.82) is 0 Å². The molecule has 0 amide bonds. The van der Waals surface area contributed by atoms with Crippen molar-refractivity contribution < 1.29 is 23.7 Å². The molecule has 0 aliphatic carbocycles. The molecule has 162 valence electrons. The van der Waals surface area contributed by atoms with Crippen LogP contribution in [0.25, 0.3) is 6.08 Å². The SMILES string of the molecule is COc1cc(C=CCCC=C/C=C(/C)CCC(O)c2ccco2)cc(OC)c1OC. The molecule has 1 aromatic heterocycles. The van der Waals surface area contributed by atoms with Crippen molar-refractivity contribution in [2.45, 2.75) is 38.7 Å². The zero-order valence-corrected chi connectivity index (χ0v) is 18.3. The number of unbranched alkanes of at least 4 members (excludes halogenated alkanes) is 1. The number of aliphatic hydroxyl groups excluding tert-OH is 1. The Hall–Kier alpha value is -2.92. The number of furan rings is 1. The highest BCUT2D eigenvalue weighted by Gasteiger charge is 2.12. The molecule has 1 atom stereocenters. The van der Waals surface area contributed by atoms with E-state index < -0.39 is 6.10 Å². The number of hydrogen-bond donors (Lipinski definition) is 1. The highest BCUT2D eigenvalue weighted by Crippen LogP contribution is 2.38. The van der Waals surface area contributed by atoms with Crippen LogP contribution in [0.3, 0.4) is 0 Å². The summed E-state index contributed by atoms with van der Waals surface area (Å²) < 4.78 is 21.3. The first kappa shape index (κ1) is 23.4. The summed E-state index contributed by atoms with van der Waals surface area (Å²) in [5, 5.41) is 10.0. The van der Waals surface area contributed by atoms with E-state index in [9.17, 15) is 5.11 Å². The molecule has 0 bridgehead atoms. The molecule has 0 aliphatic rings. The van der Waals surface area contributed by atoms with Gasteiger partial charge in [0.2, 0.25) is 5.75 Å². The summed E-state index contributed by atoms with van der Waals surface area (Å²) in [5.41, 5.74) is 2.23. The Labute approximate surface area is 179 Å². The quantitative estimate of drug-likeness (QED) is 0.336. The van der Waals surface area contributed by atoms with Crippen molar-refractivity contribution >= 4 is 6.08 Å².